The molecule has 244 valence electrons. The lowest BCUT2D eigenvalue weighted by Gasteiger charge is -2.18. The van der Waals surface area contributed by atoms with E-state index in [1.165, 1.54) is 0 Å². The van der Waals surface area contributed by atoms with E-state index in [1.54, 1.807) is 12.1 Å². The van der Waals surface area contributed by atoms with Crippen molar-refractivity contribution in [1.29, 1.82) is 21.0 Å². The molecule has 1 aliphatic carbocycles. The quantitative estimate of drug-likeness (QED) is 0.185. The van der Waals surface area contributed by atoms with E-state index in [1.807, 2.05) is 78.9 Å². The molecule has 0 unspecified atom stereocenters. The summed E-state index contributed by atoms with van der Waals surface area (Å²) in [6.45, 7) is 0. The molecule has 0 atom stereocenters. The molecule has 0 amide bonds. The second kappa shape index (κ2) is 12.5. The number of rotatable bonds is 4. The van der Waals surface area contributed by atoms with E-state index in [0.29, 0.717) is 28.7 Å². The first-order valence-electron chi connectivity index (χ1n) is 17.1. The van der Waals surface area contributed by atoms with E-state index in [2.05, 4.69) is 88.0 Å². The van der Waals surface area contributed by atoms with Gasteiger partial charge < -0.3 is 9.13 Å². The molecule has 53 heavy (non-hydrogen) atoms. The first-order chi connectivity index (χ1) is 26.1. The van der Waals surface area contributed by atoms with Crippen LogP contribution in [0.4, 0.5) is 0 Å². The van der Waals surface area contributed by atoms with Gasteiger partial charge in [0.15, 0.2) is 0 Å². The molecule has 2 aromatic heterocycles. The van der Waals surface area contributed by atoms with Gasteiger partial charge in [-0.2, -0.15) is 21.0 Å². The maximum Gasteiger partial charge on any atom is 0.101 e. The van der Waals surface area contributed by atoms with Crippen molar-refractivity contribution >= 4 is 54.9 Å². The van der Waals surface area contributed by atoms with E-state index in [9.17, 15) is 21.0 Å². The minimum absolute atomic E-state index is 0.503. The van der Waals surface area contributed by atoms with Crippen LogP contribution in [-0.2, 0) is 0 Å². The molecule has 0 N–H and O–H groups in total. The van der Waals surface area contributed by atoms with Crippen LogP contribution in [-0.4, -0.2) is 9.13 Å². The third-order valence-corrected chi connectivity index (χ3v) is 10.1. The van der Waals surface area contributed by atoms with Gasteiger partial charge in [0.2, 0.25) is 0 Å². The monoisotopic (exact) mass is 674 g/mol. The highest BCUT2D eigenvalue weighted by atomic mass is 15.0. The zero-order chi connectivity index (χ0) is 36.1. The molecule has 0 bridgehead atoms. The molecule has 6 aromatic carbocycles. The Morgan fingerprint density at radius 1 is 0.453 bits per heavy atom. The number of nitriles is 4. The Morgan fingerprint density at radius 3 is 1.64 bits per heavy atom. The van der Waals surface area contributed by atoms with E-state index < -0.39 is 0 Å². The molecule has 0 radical (unpaired) electrons. The first kappa shape index (κ1) is 31.1. The maximum atomic E-state index is 10.6. The van der Waals surface area contributed by atoms with Gasteiger partial charge in [-0.3, -0.25) is 0 Å². The molecule has 1 aliphatic rings. The molecule has 8 aromatic rings. The largest absolute Gasteiger partial charge is 0.313 e. The van der Waals surface area contributed by atoms with E-state index in [-0.39, 0.29) is 0 Å². The third kappa shape index (κ3) is 4.92. The number of allylic oxidation sites excluding steroid dienone is 6. The van der Waals surface area contributed by atoms with E-state index in [0.717, 1.165) is 77.3 Å². The molecule has 0 aliphatic heterocycles. The summed E-state index contributed by atoms with van der Waals surface area (Å²) >= 11 is 0. The van der Waals surface area contributed by atoms with Crippen molar-refractivity contribution in [2.75, 3.05) is 0 Å². The van der Waals surface area contributed by atoms with Crippen molar-refractivity contribution in [3.63, 3.8) is 0 Å². The number of benzene rings is 6. The van der Waals surface area contributed by atoms with Crippen LogP contribution in [0, 0.1) is 45.3 Å². The van der Waals surface area contributed by atoms with Gasteiger partial charge >= 0.3 is 0 Å². The number of nitrogens with zero attached hydrogens (tertiary/aromatic N) is 6. The normalized spacial score (nSPS) is 12.5. The minimum atomic E-state index is 0.503. The van der Waals surface area contributed by atoms with Crippen molar-refractivity contribution in [1.82, 2.24) is 9.13 Å². The molecule has 0 saturated carbocycles. The summed E-state index contributed by atoms with van der Waals surface area (Å²) in [5.41, 5.74) is 11.7. The average molecular weight is 675 g/mol. The van der Waals surface area contributed by atoms with Crippen LogP contribution in [0.5, 0.6) is 0 Å². The lowest BCUT2D eigenvalue weighted by molar-refractivity contribution is 1.14. The molecule has 0 fully saturated rings. The summed E-state index contributed by atoms with van der Waals surface area (Å²) in [6.07, 6.45) is 9.37. The summed E-state index contributed by atoms with van der Waals surface area (Å²) in [5.74, 6) is 0. The number of para-hydroxylation sites is 2. The van der Waals surface area contributed by atoms with Crippen molar-refractivity contribution < 1.29 is 0 Å². The lowest BCUT2D eigenvalue weighted by atomic mass is 9.91. The topological polar surface area (TPSA) is 105 Å². The standard InChI is InChI=1S/C47H26N6/c48-26-30-15-20-44-40(23-30)38-12-3-4-14-43(38)52(44)35-9-5-7-33(18-19-35)36-10-1-2-11-37(36)39-13-6-8-34(29-51)47(39)53-45-21-16-31(27-49)24-41(45)42-25-32(28-50)17-22-46(42)53/h1-8,10-25H,9H2. The summed E-state index contributed by atoms with van der Waals surface area (Å²) in [5, 5.41) is 43.5. The smallest absolute Gasteiger partial charge is 0.101 e. The molecule has 6 nitrogen and oxygen atoms in total. The second-order valence-corrected chi connectivity index (χ2v) is 13.0. The van der Waals surface area contributed by atoms with Gasteiger partial charge in [-0.15, -0.1) is 0 Å². The average Bonchev–Trinajstić information content (AvgIpc) is 3.59. The Hall–Kier alpha value is -7.90. The predicted molar refractivity (Wildman–Crippen MR) is 211 cm³/mol. The fourth-order valence-electron chi connectivity index (χ4n) is 7.78. The highest BCUT2D eigenvalue weighted by Gasteiger charge is 2.22. The molecule has 6 heteroatoms. The number of fused-ring (bicyclic) bond motifs is 6. The highest BCUT2D eigenvalue weighted by Crippen LogP contribution is 2.41. The Morgan fingerprint density at radius 2 is 1.00 bits per heavy atom. The number of hydrogen-bond acceptors (Lipinski definition) is 4. The summed E-state index contributed by atoms with van der Waals surface area (Å²) in [4.78, 5) is 0. The van der Waals surface area contributed by atoms with Gasteiger partial charge in [-0.1, -0.05) is 72.8 Å². The Kier molecular flexibility index (Phi) is 7.31. The highest BCUT2D eigenvalue weighted by molar-refractivity contribution is 6.12. The van der Waals surface area contributed by atoms with Crippen molar-refractivity contribution in [2.24, 2.45) is 0 Å². The molecule has 9 rings (SSSR count). The van der Waals surface area contributed by atoms with Crippen molar-refractivity contribution in [3.8, 4) is 41.1 Å². The Balaban J connectivity index is 1.25. The maximum absolute atomic E-state index is 10.6. The van der Waals surface area contributed by atoms with Gasteiger partial charge in [-0.05, 0) is 89.5 Å². The minimum Gasteiger partial charge on any atom is -0.313 e. The summed E-state index contributed by atoms with van der Waals surface area (Å²) in [6, 6.07) is 48.6. The van der Waals surface area contributed by atoms with Gasteiger partial charge in [0.05, 0.1) is 68.2 Å². The molecular formula is C47H26N6. The molecule has 0 spiro atoms. The number of aromatic nitrogens is 2. The van der Waals surface area contributed by atoms with Gasteiger partial charge in [0.1, 0.15) is 6.07 Å². The van der Waals surface area contributed by atoms with Crippen LogP contribution in [0.1, 0.15) is 34.2 Å². The van der Waals surface area contributed by atoms with Crippen molar-refractivity contribution in [3.05, 3.63) is 173 Å². The zero-order valence-corrected chi connectivity index (χ0v) is 28.2. The molecule has 0 saturated heterocycles. The SMILES string of the molecule is N#Cc1ccc2c(c1)c1ccccc1n2C1=CC=C(c2ccccc2-c2cccc(C#N)c2-n2c3ccc(C#N)cc3c3cc(C#N)ccc32)C=CC1. The van der Waals surface area contributed by atoms with Gasteiger partial charge in [-0.25, -0.2) is 0 Å². The number of hydrogen-bond donors (Lipinski definition) is 0. The first-order valence-corrected chi connectivity index (χ1v) is 17.1. The Labute approximate surface area is 305 Å². The summed E-state index contributed by atoms with van der Waals surface area (Å²) < 4.78 is 4.38. The van der Waals surface area contributed by atoms with Crippen LogP contribution in [0.15, 0.2) is 146 Å². The third-order valence-electron chi connectivity index (χ3n) is 10.1. The van der Waals surface area contributed by atoms with Crippen LogP contribution in [0.2, 0.25) is 0 Å². The van der Waals surface area contributed by atoms with E-state index in [4.69, 9.17) is 0 Å². The lowest BCUT2D eigenvalue weighted by Crippen LogP contribution is -2.02. The zero-order valence-electron chi connectivity index (χ0n) is 28.2. The fraction of sp³-hybridized carbons (Fsp3) is 0.0213. The van der Waals surface area contributed by atoms with Gasteiger partial charge in [0.25, 0.3) is 0 Å². The van der Waals surface area contributed by atoms with Crippen LogP contribution in [0.25, 0.3) is 71.7 Å². The van der Waals surface area contributed by atoms with Crippen LogP contribution < -0.4 is 0 Å². The Bertz CT molecular complexity index is 3060. The fourth-order valence-corrected chi connectivity index (χ4v) is 7.78. The second-order valence-electron chi connectivity index (χ2n) is 13.0. The van der Waals surface area contributed by atoms with Crippen LogP contribution in [0.3, 0.4) is 0 Å². The predicted octanol–water partition coefficient (Wildman–Crippen LogP) is 10.9. The van der Waals surface area contributed by atoms with Crippen LogP contribution >= 0.6 is 0 Å². The van der Waals surface area contributed by atoms with E-state index >= 15 is 0 Å². The molecule has 2 heterocycles. The summed E-state index contributed by atoms with van der Waals surface area (Å²) in [7, 11) is 0. The van der Waals surface area contributed by atoms with Gasteiger partial charge in [0, 0.05) is 39.2 Å². The van der Waals surface area contributed by atoms with Crippen molar-refractivity contribution in [2.45, 2.75) is 6.42 Å². The molecular weight excluding hydrogens is 649 g/mol.